The zero-order valence-corrected chi connectivity index (χ0v) is 16.8. The average Bonchev–Trinajstić information content (AvgIpc) is 2.98. The predicted molar refractivity (Wildman–Crippen MR) is 98.5 cm³/mol. The van der Waals surface area contributed by atoms with Crippen LogP contribution in [0.1, 0.15) is 37.3 Å². The molecule has 1 unspecified atom stereocenters. The number of hydrogen-bond donors (Lipinski definition) is 2. The highest BCUT2D eigenvalue weighted by molar-refractivity contribution is 7.47. The number of likely N-dealkylation sites (tertiary alicyclic amines) is 1. The van der Waals surface area contributed by atoms with Crippen molar-refractivity contribution < 1.29 is 33.1 Å². The summed E-state index contributed by atoms with van der Waals surface area (Å²) < 4.78 is 28.4. The van der Waals surface area contributed by atoms with Crippen LogP contribution >= 0.6 is 7.82 Å². The third kappa shape index (κ3) is 2.15. The van der Waals surface area contributed by atoms with E-state index in [1.165, 1.54) is 0 Å². The zero-order chi connectivity index (χ0) is 19.9. The zero-order valence-electron chi connectivity index (χ0n) is 15.9. The summed E-state index contributed by atoms with van der Waals surface area (Å²) in [6.07, 6.45) is 1.06. The first-order chi connectivity index (χ1) is 13.2. The summed E-state index contributed by atoms with van der Waals surface area (Å²) >= 11 is 0. The van der Waals surface area contributed by atoms with Gasteiger partial charge in [-0.25, -0.2) is 4.57 Å². The first kappa shape index (κ1) is 18.6. The van der Waals surface area contributed by atoms with E-state index in [2.05, 4.69) is 4.90 Å². The summed E-state index contributed by atoms with van der Waals surface area (Å²) in [5, 5.41) is 11.9. The van der Waals surface area contributed by atoms with Gasteiger partial charge in [-0.2, -0.15) is 0 Å². The monoisotopic (exact) mass is 409 g/mol. The molecule has 152 valence electrons. The van der Waals surface area contributed by atoms with Crippen molar-refractivity contribution in [2.75, 3.05) is 20.2 Å². The van der Waals surface area contributed by atoms with E-state index in [0.717, 1.165) is 17.7 Å². The van der Waals surface area contributed by atoms with Gasteiger partial charge in [0.15, 0.2) is 23.4 Å². The van der Waals surface area contributed by atoms with Gasteiger partial charge >= 0.3 is 7.82 Å². The third-order valence-corrected chi connectivity index (χ3v) is 8.03. The molecule has 1 aromatic carbocycles. The summed E-state index contributed by atoms with van der Waals surface area (Å²) in [6.45, 7) is 2.36. The Morgan fingerprint density at radius 1 is 1.39 bits per heavy atom. The highest BCUT2D eigenvalue weighted by Gasteiger charge is 2.72. The number of ketones is 1. The number of benzene rings is 1. The Bertz CT molecular complexity index is 920. The topological polar surface area (TPSA) is 106 Å². The second kappa shape index (κ2) is 5.80. The van der Waals surface area contributed by atoms with Gasteiger partial charge in [0.1, 0.15) is 0 Å². The van der Waals surface area contributed by atoms with Crippen LogP contribution < -0.4 is 9.26 Å². The van der Waals surface area contributed by atoms with Crippen molar-refractivity contribution in [3.05, 3.63) is 23.3 Å². The van der Waals surface area contributed by atoms with Crippen LogP contribution in [0.4, 0.5) is 0 Å². The van der Waals surface area contributed by atoms with Crippen molar-refractivity contribution in [3.63, 3.8) is 0 Å². The molecule has 28 heavy (non-hydrogen) atoms. The van der Waals surface area contributed by atoms with Crippen molar-refractivity contribution in [2.45, 2.75) is 55.8 Å². The average molecular weight is 409 g/mol. The lowest BCUT2D eigenvalue weighted by Gasteiger charge is -2.62. The molecule has 1 spiro atoms. The molecule has 4 aliphatic rings. The molecule has 2 heterocycles. The number of carbonyl (C=O) groups is 1. The fourth-order valence-electron chi connectivity index (χ4n) is 5.91. The van der Waals surface area contributed by atoms with Crippen LogP contribution in [-0.4, -0.2) is 58.6 Å². The number of likely N-dealkylation sites (N-methyl/N-ethyl adjacent to an activating group) is 1. The Kier molecular flexibility index (Phi) is 3.85. The van der Waals surface area contributed by atoms with E-state index in [-0.39, 0.29) is 30.6 Å². The van der Waals surface area contributed by atoms with Crippen LogP contribution in [0.25, 0.3) is 0 Å². The van der Waals surface area contributed by atoms with E-state index in [9.17, 15) is 19.4 Å². The minimum absolute atomic E-state index is 0.0216. The molecule has 0 amide bonds. The van der Waals surface area contributed by atoms with Crippen LogP contribution in [0.3, 0.4) is 0 Å². The van der Waals surface area contributed by atoms with Gasteiger partial charge in [-0.1, -0.05) is 6.07 Å². The number of phosphoric acid groups is 1. The summed E-state index contributed by atoms with van der Waals surface area (Å²) in [6, 6.07) is 3.34. The minimum atomic E-state index is -4.31. The van der Waals surface area contributed by atoms with E-state index in [4.69, 9.17) is 13.8 Å². The third-order valence-electron chi connectivity index (χ3n) is 7.02. The number of aliphatic hydroxyl groups is 1. The molecule has 2 aliphatic heterocycles. The van der Waals surface area contributed by atoms with Crippen LogP contribution in [-0.2, 0) is 25.7 Å². The van der Waals surface area contributed by atoms with Crippen molar-refractivity contribution in [2.24, 2.45) is 0 Å². The number of piperidine rings is 1. The van der Waals surface area contributed by atoms with Gasteiger partial charge in [0.05, 0.1) is 17.6 Å². The minimum Gasteiger partial charge on any atom is -0.477 e. The lowest BCUT2D eigenvalue weighted by atomic mass is 9.49. The largest absolute Gasteiger partial charge is 0.527 e. The number of phosphoric ester groups is 1. The Balaban J connectivity index is 1.71. The van der Waals surface area contributed by atoms with Crippen LogP contribution in [0.15, 0.2) is 12.1 Å². The molecule has 5 atom stereocenters. The van der Waals surface area contributed by atoms with Crippen molar-refractivity contribution in [3.8, 4) is 11.5 Å². The SMILES string of the molecule is CCOP(=O)(O)Oc1ccc2c3c1O[C@H]1C(=O)CC[C@@]4(O)[C@@H](C2)N(C)CC[C@]314. The van der Waals surface area contributed by atoms with Gasteiger partial charge in [-0.15, -0.1) is 0 Å². The normalized spacial score (nSPS) is 37.8. The number of Topliss-reactive ketones (excluding diaryl/α,β-unsaturated/α-hetero) is 1. The molecule has 9 heteroatoms. The van der Waals surface area contributed by atoms with E-state index < -0.39 is 24.9 Å². The Morgan fingerprint density at radius 2 is 2.18 bits per heavy atom. The quantitative estimate of drug-likeness (QED) is 0.722. The van der Waals surface area contributed by atoms with Crippen molar-refractivity contribution in [1.29, 1.82) is 0 Å². The molecule has 0 aromatic heterocycles. The molecule has 1 saturated heterocycles. The molecule has 5 rings (SSSR count). The maximum absolute atomic E-state index is 12.8. The number of carbonyl (C=O) groups excluding carboxylic acids is 1. The second-order valence-corrected chi connectivity index (χ2v) is 9.59. The lowest BCUT2D eigenvalue weighted by molar-refractivity contribution is -0.185. The van der Waals surface area contributed by atoms with Crippen LogP contribution in [0.2, 0.25) is 0 Å². The highest BCUT2D eigenvalue weighted by Crippen LogP contribution is 2.65. The Morgan fingerprint density at radius 3 is 2.93 bits per heavy atom. The van der Waals surface area contributed by atoms with Gasteiger partial charge in [-0.3, -0.25) is 14.2 Å². The number of hydrogen-bond acceptors (Lipinski definition) is 7. The fourth-order valence-corrected chi connectivity index (χ4v) is 6.68. The summed E-state index contributed by atoms with van der Waals surface area (Å²) in [4.78, 5) is 24.9. The molecule has 8 nitrogen and oxygen atoms in total. The standard InChI is InChI=1S/C19H24NO7P/c1-3-25-28(23,24)27-13-5-4-11-10-14-19(22)7-6-12(21)17-18(19,8-9-20(14)2)15(11)16(13)26-17/h4-5,14,17,22H,3,6-10H2,1-2H3,(H,23,24)/t14-,17+,18+,19-/m1/s1. The molecule has 2 bridgehead atoms. The summed E-state index contributed by atoms with van der Waals surface area (Å²) in [7, 11) is -2.30. The molecular formula is C19H24NO7P. The van der Waals surface area contributed by atoms with E-state index >= 15 is 0 Å². The van der Waals surface area contributed by atoms with E-state index in [1.54, 1.807) is 13.0 Å². The maximum atomic E-state index is 12.8. The lowest BCUT2D eigenvalue weighted by Crippen LogP contribution is -2.76. The molecule has 1 aromatic rings. The number of nitrogens with zero attached hydrogens (tertiary/aromatic N) is 1. The number of rotatable bonds is 4. The Labute approximate surface area is 163 Å². The van der Waals surface area contributed by atoms with E-state index in [1.807, 2.05) is 13.1 Å². The Hall–Kier alpha value is -1.44. The molecule has 2 fully saturated rings. The van der Waals surface area contributed by atoms with Gasteiger partial charge in [0.2, 0.25) is 0 Å². The van der Waals surface area contributed by atoms with Crippen molar-refractivity contribution in [1.82, 2.24) is 4.90 Å². The van der Waals surface area contributed by atoms with Crippen LogP contribution in [0, 0.1) is 0 Å². The van der Waals surface area contributed by atoms with Gasteiger partial charge in [0, 0.05) is 18.0 Å². The van der Waals surface area contributed by atoms with E-state index in [0.29, 0.717) is 25.0 Å². The predicted octanol–water partition coefficient (Wildman–Crippen LogP) is 1.56. The van der Waals surface area contributed by atoms with Gasteiger partial charge in [-0.05, 0) is 51.4 Å². The molecule has 0 radical (unpaired) electrons. The first-order valence-electron chi connectivity index (χ1n) is 9.69. The van der Waals surface area contributed by atoms with Gasteiger partial charge < -0.3 is 19.3 Å². The molecule has 2 N–H and O–H groups in total. The fraction of sp³-hybridized carbons (Fsp3) is 0.632. The van der Waals surface area contributed by atoms with Crippen molar-refractivity contribution >= 4 is 13.6 Å². The maximum Gasteiger partial charge on any atom is 0.527 e. The van der Waals surface area contributed by atoms with Gasteiger partial charge in [0.25, 0.3) is 0 Å². The summed E-state index contributed by atoms with van der Waals surface area (Å²) in [5.74, 6) is 0.336. The van der Waals surface area contributed by atoms with Crippen LogP contribution in [0.5, 0.6) is 11.5 Å². The highest BCUT2D eigenvalue weighted by atomic mass is 31.2. The molecule has 1 saturated carbocycles. The first-order valence-corrected chi connectivity index (χ1v) is 11.2. The summed E-state index contributed by atoms with van der Waals surface area (Å²) in [5.41, 5.74) is -0.165. The second-order valence-electron chi connectivity index (χ2n) is 8.21. The molecule has 2 aliphatic carbocycles. The molecular weight excluding hydrogens is 385 g/mol. The smallest absolute Gasteiger partial charge is 0.477 e. The number of ether oxygens (including phenoxy) is 1.